The highest BCUT2D eigenvalue weighted by atomic mass is 16.6. The fraction of sp³-hybridized carbons (Fsp3) is 0.500. The molecule has 208 valence electrons. The Bertz CT molecular complexity index is 1110. The lowest BCUT2D eigenvalue weighted by molar-refractivity contribution is -0.141. The number of phenolic OH excluding ortho intramolecular Hbond substituents is 1. The number of ether oxygens (including phenoxy) is 1. The van der Waals surface area contributed by atoms with Crippen LogP contribution in [-0.4, -0.2) is 52.6 Å². The second kappa shape index (κ2) is 13.3. The van der Waals surface area contributed by atoms with Gasteiger partial charge in [0.2, 0.25) is 11.8 Å². The lowest BCUT2D eigenvalue weighted by Crippen LogP contribution is -2.53. The smallest absolute Gasteiger partial charge is 0.408 e. The van der Waals surface area contributed by atoms with Crippen molar-refractivity contribution in [2.24, 2.45) is 0 Å². The highest BCUT2D eigenvalue weighted by Crippen LogP contribution is 2.26. The standard InChI is InChI=1S/C30H43N3O5/c1-9-10-21(4)31-27(35)26(24-17-19(2)11-12-20(24)3)33(8)28(36)25(32-29(37)38-30(5,6)7)18-22-13-15-23(34)16-14-22/h11-17,21,25-26,34H,9-10,18H2,1-8H3,(H,31,35)(H,32,37). The summed E-state index contributed by atoms with van der Waals surface area (Å²) in [7, 11) is 1.58. The van der Waals surface area contributed by atoms with Crippen LogP contribution in [0.2, 0.25) is 0 Å². The molecule has 2 aromatic rings. The molecule has 0 aliphatic rings. The van der Waals surface area contributed by atoms with Gasteiger partial charge in [-0.3, -0.25) is 9.59 Å². The first-order valence-electron chi connectivity index (χ1n) is 13.1. The number of aryl methyl sites for hydroxylation is 2. The van der Waals surface area contributed by atoms with E-state index in [1.165, 1.54) is 17.0 Å². The van der Waals surface area contributed by atoms with E-state index in [9.17, 15) is 19.5 Å². The molecule has 0 aliphatic heterocycles. The van der Waals surface area contributed by atoms with Crippen molar-refractivity contribution in [2.45, 2.75) is 91.5 Å². The van der Waals surface area contributed by atoms with Crippen LogP contribution in [0.15, 0.2) is 42.5 Å². The predicted octanol–water partition coefficient (Wildman–Crippen LogP) is 4.95. The van der Waals surface area contributed by atoms with Crippen molar-refractivity contribution >= 4 is 17.9 Å². The maximum absolute atomic E-state index is 14.0. The van der Waals surface area contributed by atoms with Crippen LogP contribution in [0.25, 0.3) is 0 Å². The van der Waals surface area contributed by atoms with Gasteiger partial charge in [0.1, 0.15) is 23.4 Å². The summed E-state index contributed by atoms with van der Waals surface area (Å²) in [5.41, 5.74) is 2.56. The second-order valence-corrected chi connectivity index (χ2v) is 11.0. The van der Waals surface area contributed by atoms with Gasteiger partial charge in [-0.05, 0) is 76.8 Å². The molecule has 0 fully saturated rings. The summed E-state index contributed by atoms with van der Waals surface area (Å²) < 4.78 is 5.42. The van der Waals surface area contributed by atoms with E-state index in [0.717, 1.165) is 35.1 Å². The Kier molecular flexibility index (Phi) is 10.7. The number of hydrogen-bond acceptors (Lipinski definition) is 5. The summed E-state index contributed by atoms with van der Waals surface area (Å²) in [5, 5.41) is 15.4. The molecule has 3 unspecified atom stereocenters. The molecule has 3 amide bonds. The molecular weight excluding hydrogens is 482 g/mol. The van der Waals surface area contributed by atoms with Gasteiger partial charge in [-0.15, -0.1) is 0 Å². The van der Waals surface area contributed by atoms with Gasteiger partial charge in [0.05, 0.1) is 0 Å². The summed E-state index contributed by atoms with van der Waals surface area (Å²) in [6.45, 7) is 13.1. The zero-order valence-corrected chi connectivity index (χ0v) is 23.9. The Balaban J connectivity index is 2.46. The third kappa shape index (κ3) is 9.08. The summed E-state index contributed by atoms with van der Waals surface area (Å²) in [5.74, 6) is -0.619. The Labute approximate surface area is 226 Å². The molecule has 0 bridgehead atoms. The SMILES string of the molecule is CCCC(C)NC(=O)C(c1cc(C)ccc1C)N(C)C(=O)C(Cc1ccc(O)cc1)NC(=O)OC(C)(C)C. The molecule has 0 aliphatic carbocycles. The maximum atomic E-state index is 14.0. The Morgan fingerprint density at radius 2 is 1.66 bits per heavy atom. The first-order valence-corrected chi connectivity index (χ1v) is 13.1. The Morgan fingerprint density at radius 1 is 1.03 bits per heavy atom. The van der Waals surface area contributed by atoms with E-state index in [2.05, 4.69) is 17.6 Å². The monoisotopic (exact) mass is 525 g/mol. The number of hydrogen-bond donors (Lipinski definition) is 3. The average Bonchev–Trinajstić information content (AvgIpc) is 2.80. The Morgan fingerprint density at radius 3 is 2.24 bits per heavy atom. The highest BCUT2D eigenvalue weighted by Gasteiger charge is 2.35. The number of carbonyl (C=O) groups excluding carboxylic acids is 3. The fourth-order valence-electron chi connectivity index (χ4n) is 4.30. The van der Waals surface area contributed by atoms with Gasteiger partial charge in [-0.1, -0.05) is 49.2 Å². The van der Waals surface area contributed by atoms with Gasteiger partial charge in [-0.25, -0.2) is 4.79 Å². The summed E-state index contributed by atoms with van der Waals surface area (Å²) in [4.78, 5) is 41.7. The van der Waals surface area contributed by atoms with Crippen LogP contribution in [0.3, 0.4) is 0 Å². The molecular formula is C30H43N3O5. The second-order valence-electron chi connectivity index (χ2n) is 11.0. The number of alkyl carbamates (subject to hydrolysis) is 1. The number of rotatable bonds is 10. The summed E-state index contributed by atoms with van der Waals surface area (Å²) in [6, 6.07) is 10.3. The Hall–Kier alpha value is -3.55. The van der Waals surface area contributed by atoms with Gasteiger partial charge in [0, 0.05) is 19.5 Å². The number of nitrogens with one attached hydrogen (secondary N) is 2. The van der Waals surface area contributed by atoms with Crippen molar-refractivity contribution in [1.82, 2.24) is 15.5 Å². The van der Waals surface area contributed by atoms with Crippen LogP contribution >= 0.6 is 0 Å². The number of aromatic hydroxyl groups is 1. The van der Waals surface area contributed by atoms with Crippen LogP contribution in [0.5, 0.6) is 5.75 Å². The number of carbonyl (C=O) groups is 3. The molecule has 0 radical (unpaired) electrons. The molecule has 8 nitrogen and oxygen atoms in total. The van der Waals surface area contributed by atoms with Gasteiger partial charge < -0.3 is 25.4 Å². The number of likely N-dealkylation sites (N-methyl/N-ethyl adjacent to an activating group) is 1. The van der Waals surface area contributed by atoms with Crippen LogP contribution in [0.4, 0.5) is 4.79 Å². The van der Waals surface area contributed by atoms with Crippen molar-refractivity contribution < 1.29 is 24.2 Å². The van der Waals surface area contributed by atoms with Crippen LogP contribution in [0.1, 0.15) is 75.8 Å². The summed E-state index contributed by atoms with van der Waals surface area (Å²) in [6.07, 6.45) is 1.15. The minimum Gasteiger partial charge on any atom is -0.508 e. The highest BCUT2D eigenvalue weighted by molar-refractivity contribution is 5.92. The maximum Gasteiger partial charge on any atom is 0.408 e. The lowest BCUT2D eigenvalue weighted by atomic mass is 9.95. The molecule has 0 spiro atoms. The first-order chi connectivity index (χ1) is 17.7. The fourth-order valence-corrected chi connectivity index (χ4v) is 4.30. The van der Waals surface area contributed by atoms with Gasteiger partial charge >= 0.3 is 6.09 Å². The van der Waals surface area contributed by atoms with E-state index in [0.29, 0.717) is 0 Å². The molecule has 2 rings (SSSR count). The van der Waals surface area contributed by atoms with Crippen molar-refractivity contribution in [2.75, 3.05) is 7.05 Å². The summed E-state index contributed by atoms with van der Waals surface area (Å²) >= 11 is 0. The van der Waals surface area contributed by atoms with E-state index in [-0.39, 0.29) is 24.1 Å². The van der Waals surface area contributed by atoms with Gasteiger partial charge in [-0.2, -0.15) is 0 Å². The van der Waals surface area contributed by atoms with Crippen LogP contribution in [-0.2, 0) is 20.7 Å². The lowest BCUT2D eigenvalue weighted by Gasteiger charge is -2.33. The van der Waals surface area contributed by atoms with E-state index in [4.69, 9.17) is 4.74 Å². The number of benzene rings is 2. The first kappa shape index (κ1) is 30.7. The van der Waals surface area contributed by atoms with Crippen molar-refractivity contribution in [3.63, 3.8) is 0 Å². The minimum atomic E-state index is -1.01. The topological polar surface area (TPSA) is 108 Å². The van der Waals surface area contributed by atoms with E-state index in [1.807, 2.05) is 39.0 Å². The molecule has 0 saturated heterocycles. The van der Waals surface area contributed by atoms with E-state index >= 15 is 0 Å². The van der Waals surface area contributed by atoms with E-state index in [1.54, 1.807) is 40.0 Å². The van der Waals surface area contributed by atoms with Gasteiger partial charge in [0.25, 0.3) is 0 Å². The third-order valence-electron chi connectivity index (χ3n) is 6.19. The molecule has 38 heavy (non-hydrogen) atoms. The third-order valence-corrected chi connectivity index (χ3v) is 6.19. The molecule has 8 heteroatoms. The molecule has 3 atom stereocenters. The van der Waals surface area contributed by atoms with Gasteiger partial charge in [0.15, 0.2) is 0 Å². The largest absolute Gasteiger partial charge is 0.508 e. The molecule has 2 aromatic carbocycles. The zero-order chi connectivity index (χ0) is 28.6. The number of phenols is 1. The average molecular weight is 526 g/mol. The quantitative estimate of drug-likeness (QED) is 0.407. The van der Waals surface area contributed by atoms with E-state index < -0.39 is 29.7 Å². The molecule has 0 heterocycles. The van der Waals surface area contributed by atoms with Crippen LogP contribution in [0, 0.1) is 13.8 Å². The normalized spacial score (nSPS) is 13.7. The zero-order valence-electron chi connectivity index (χ0n) is 23.9. The van der Waals surface area contributed by atoms with Crippen molar-refractivity contribution in [3.8, 4) is 5.75 Å². The minimum absolute atomic E-state index is 0.0590. The molecule has 3 N–H and O–H groups in total. The number of nitrogens with zero attached hydrogens (tertiary/aromatic N) is 1. The van der Waals surface area contributed by atoms with Crippen molar-refractivity contribution in [3.05, 3.63) is 64.7 Å². The van der Waals surface area contributed by atoms with Crippen molar-refractivity contribution in [1.29, 1.82) is 0 Å². The molecule has 0 saturated carbocycles. The van der Waals surface area contributed by atoms with Crippen LogP contribution < -0.4 is 10.6 Å². The number of amides is 3. The molecule has 0 aromatic heterocycles. The predicted molar refractivity (Wildman–Crippen MR) is 149 cm³/mol.